The Hall–Kier alpha value is -1.30. The van der Waals surface area contributed by atoms with Crippen LogP contribution in [0.2, 0.25) is 0 Å². The van der Waals surface area contributed by atoms with Gasteiger partial charge in [-0.05, 0) is 25.2 Å². The highest BCUT2D eigenvalue weighted by molar-refractivity contribution is 5.83. The lowest BCUT2D eigenvalue weighted by atomic mass is 9.93. The molecule has 3 unspecified atom stereocenters. The van der Waals surface area contributed by atoms with Gasteiger partial charge in [0.2, 0.25) is 0 Å². The summed E-state index contributed by atoms with van der Waals surface area (Å²) >= 11 is 0. The summed E-state index contributed by atoms with van der Waals surface area (Å²) in [5, 5.41) is 12.2. The summed E-state index contributed by atoms with van der Waals surface area (Å²) in [5.41, 5.74) is 0. The standard InChI is InChI=1S/C14H26N2O4/c1-4-5-11(9-20-3)15-14(19)16-7-6-10(2)8-12(16)13(17)18/h10-12H,4-9H2,1-3H3,(H,15,19)(H,17,18). The van der Waals surface area contributed by atoms with Crippen molar-refractivity contribution >= 4 is 12.0 Å². The number of rotatable bonds is 6. The molecule has 0 spiro atoms. The van der Waals surface area contributed by atoms with Crippen LogP contribution in [-0.4, -0.2) is 54.4 Å². The second-order valence-electron chi connectivity index (χ2n) is 5.57. The minimum absolute atomic E-state index is 0.0636. The van der Waals surface area contributed by atoms with Crippen molar-refractivity contribution in [1.29, 1.82) is 0 Å². The van der Waals surface area contributed by atoms with Gasteiger partial charge in [-0.25, -0.2) is 9.59 Å². The Labute approximate surface area is 120 Å². The first kappa shape index (κ1) is 16.8. The zero-order chi connectivity index (χ0) is 15.1. The highest BCUT2D eigenvalue weighted by atomic mass is 16.5. The molecule has 3 atom stereocenters. The second-order valence-corrected chi connectivity index (χ2v) is 5.57. The van der Waals surface area contributed by atoms with Crippen LogP contribution in [0.15, 0.2) is 0 Å². The fourth-order valence-corrected chi connectivity index (χ4v) is 2.62. The van der Waals surface area contributed by atoms with Gasteiger partial charge in [-0.3, -0.25) is 0 Å². The van der Waals surface area contributed by atoms with Gasteiger partial charge in [-0.1, -0.05) is 20.3 Å². The molecule has 0 saturated carbocycles. The van der Waals surface area contributed by atoms with Crippen LogP contribution in [0.3, 0.4) is 0 Å². The predicted octanol–water partition coefficient (Wildman–Crippen LogP) is 1.70. The van der Waals surface area contributed by atoms with Gasteiger partial charge in [0.05, 0.1) is 12.6 Å². The van der Waals surface area contributed by atoms with E-state index >= 15 is 0 Å². The van der Waals surface area contributed by atoms with E-state index in [0.717, 1.165) is 19.3 Å². The van der Waals surface area contributed by atoms with Gasteiger partial charge in [0.1, 0.15) is 6.04 Å². The molecule has 0 aliphatic carbocycles. The molecule has 0 radical (unpaired) electrons. The van der Waals surface area contributed by atoms with E-state index in [1.54, 1.807) is 7.11 Å². The van der Waals surface area contributed by atoms with Crippen molar-refractivity contribution in [3.63, 3.8) is 0 Å². The lowest BCUT2D eigenvalue weighted by molar-refractivity contribution is -0.143. The number of piperidine rings is 1. The Morgan fingerprint density at radius 1 is 1.50 bits per heavy atom. The van der Waals surface area contributed by atoms with Gasteiger partial charge >= 0.3 is 12.0 Å². The molecule has 116 valence electrons. The van der Waals surface area contributed by atoms with E-state index in [0.29, 0.717) is 25.5 Å². The molecule has 1 aliphatic rings. The number of nitrogens with zero attached hydrogens (tertiary/aromatic N) is 1. The highest BCUT2D eigenvalue weighted by Gasteiger charge is 2.35. The average Bonchev–Trinajstić information content (AvgIpc) is 2.38. The van der Waals surface area contributed by atoms with Crippen LogP contribution < -0.4 is 5.32 Å². The number of carboxylic acid groups (broad SMARTS) is 1. The molecule has 6 heteroatoms. The maximum Gasteiger partial charge on any atom is 0.326 e. The van der Waals surface area contributed by atoms with Crippen molar-refractivity contribution in [1.82, 2.24) is 10.2 Å². The van der Waals surface area contributed by atoms with E-state index in [1.165, 1.54) is 4.90 Å². The van der Waals surface area contributed by atoms with Crippen LogP contribution in [-0.2, 0) is 9.53 Å². The number of amides is 2. The number of hydrogen-bond donors (Lipinski definition) is 2. The van der Waals surface area contributed by atoms with Crippen molar-refractivity contribution < 1.29 is 19.4 Å². The van der Waals surface area contributed by atoms with Gasteiger partial charge in [-0.2, -0.15) is 0 Å². The summed E-state index contributed by atoms with van der Waals surface area (Å²) in [6.07, 6.45) is 3.13. The van der Waals surface area contributed by atoms with Crippen LogP contribution in [0.25, 0.3) is 0 Å². The van der Waals surface area contributed by atoms with Gasteiger partial charge in [0.25, 0.3) is 0 Å². The first-order chi connectivity index (χ1) is 9.49. The smallest absolute Gasteiger partial charge is 0.326 e. The van der Waals surface area contributed by atoms with Crippen molar-refractivity contribution in [2.75, 3.05) is 20.3 Å². The molecule has 20 heavy (non-hydrogen) atoms. The Morgan fingerprint density at radius 3 is 2.75 bits per heavy atom. The first-order valence-corrected chi connectivity index (χ1v) is 7.28. The minimum Gasteiger partial charge on any atom is -0.480 e. The number of aliphatic carboxylic acids is 1. The molecule has 2 N–H and O–H groups in total. The zero-order valence-electron chi connectivity index (χ0n) is 12.6. The third-order valence-corrected chi connectivity index (χ3v) is 3.74. The fraction of sp³-hybridized carbons (Fsp3) is 0.857. The molecule has 6 nitrogen and oxygen atoms in total. The minimum atomic E-state index is -0.925. The number of nitrogens with one attached hydrogen (secondary N) is 1. The maximum atomic E-state index is 12.3. The summed E-state index contributed by atoms with van der Waals surface area (Å²) < 4.78 is 5.09. The van der Waals surface area contributed by atoms with Crippen LogP contribution in [0.1, 0.15) is 39.5 Å². The number of carbonyl (C=O) groups excluding carboxylic acids is 1. The lowest BCUT2D eigenvalue weighted by Crippen LogP contribution is -2.55. The number of urea groups is 1. The molecule has 0 bridgehead atoms. The number of hydrogen-bond acceptors (Lipinski definition) is 3. The van der Waals surface area contributed by atoms with Gasteiger partial charge in [0, 0.05) is 13.7 Å². The van der Waals surface area contributed by atoms with Gasteiger partial charge in [0.15, 0.2) is 0 Å². The van der Waals surface area contributed by atoms with E-state index in [9.17, 15) is 14.7 Å². The number of carbonyl (C=O) groups is 2. The number of ether oxygens (including phenoxy) is 1. The number of carboxylic acids is 1. The van der Waals surface area contributed by atoms with Crippen molar-refractivity contribution in [3.05, 3.63) is 0 Å². The molecule has 1 fully saturated rings. The van der Waals surface area contributed by atoms with E-state index in [1.807, 2.05) is 13.8 Å². The monoisotopic (exact) mass is 286 g/mol. The molecule has 0 aromatic carbocycles. The molecule has 1 saturated heterocycles. The Kier molecular flexibility index (Phi) is 6.78. The van der Waals surface area contributed by atoms with Crippen LogP contribution in [0, 0.1) is 5.92 Å². The third-order valence-electron chi connectivity index (χ3n) is 3.74. The molecule has 1 aliphatic heterocycles. The molecule has 0 aromatic rings. The molecule has 2 amide bonds. The first-order valence-electron chi connectivity index (χ1n) is 7.28. The van der Waals surface area contributed by atoms with Crippen LogP contribution in [0.5, 0.6) is 0 Å². The lowest BCUT2D eigenvalue weighted by Gasteiger charge is -2.36. The molecular weight excluding hydrogens is 260 g/mol. The summed E-state index contributed by atoms with van der Waals surface area (Å²) in [6, 6.07) is -1.07. The zero-order valence-corrected chi connectivity index (χ0v) is 12.6. The molecule has 1 heterocycles. The normalized spacial score (nSPS) is 24.2. The summed E-state index contributed by atoms with van der Waals surface area (Å²) in [5.74, 6) is -0.587. The van der Waals surface area contributed by atoms with Crippen LogP contribution >= 0.6 is 0 Å². The third kappa shape index (κ3) is 4.67. The maximum absolute atomic E-state index is 12.3. The summed E-state index contributed by atoms with van der Waals surface area (Å²) in [7, 11) is 1.59. The van der Waals surface area contributed by atoms with E-state index < -0.39 is 12.0 Å². The quantitative estimate of drug-likeness (QED) is 0.779. The summed E-state index contributed by atoms with van der Waals surface area (Å²) in [4.78, 5) is 25.0. The molecular formula is C14H26N2O4. The van der Waals surface area contributed by atoms with Crippen molar-refractivity contribution in [2.45, 2.75) is 51.6 Å². The molecule has 1 rings (SSSR count). The Bertz CT molecular complexity index is 329. The van der Waals surface area contributed by atoms with E-state index in [-0.39, 0.29) is 12.1 Å². The van der Waals surface area contributed by atoms with E-state index in [4.69, 9.17) is 4.74 Å². The number of likely N-dealkylation sites (tertiary alicyclic amines) is 1. The molecule has 0 aromatic heterocycles. The Balaban J connectivity index is 2.65. The van der Waals surface area contributed by atoms with Gasteiger partial charge < -0.3 is 20.1 Å². The van der Waals surface area contributed by atoms with Gasteiger partial charge in [-0.15, -0.1) is 0 Å². The summed E-state index contributed by atoms with van der Waals surface area (Å²) in [6.45, 7) is 5.00. The largest absolute Gasteiger partial charge is 0.480 e. The average molecular weight is 286 g/mol. The van der Waals surface area contributed by atoms with Crippen molar-refractivity contribution in [2.24, 2.45) is 5.92 Å². The second kappa shape index (κ2) is 8.09. The van der Waals surface area contributed by atoms with E-state index in [2.05, 4.69) is 5.32 Å². The van der Waals surface area contributed by atoms with Crippen molar-refractivity contribution in [3.8, 4) is 0 Å². The number of methoxy groups -OCH3 is 1. The fourth-order valence-electron chi connectivity index (χ4n) is 2.62. The topological polar surface area (TPSA) is 78.9 Å². The predicted molar refractivity (Wildman–Crippen MR) is 75.6 cm³/mol. The Morgan fingerprint density at radius 2 is 2.20 bits per heavy atom. The SMILES string of the molecule is CCCC(COC)NC(=O)N1CCC(C)CC1C(=O)O. The highest BCUT2D eigenvalue weighted by Crippen LogP contribution is 2.22. The van der Waals surface area contributed by atoms with Crippen LogP contribution in [0.4, 0.5) is 4.79 Å².